The summed E-state index contributed by atoms with van der Waals surface area (Å²) in [5.74, 6) is 0.424. The molecule has 0 aliphatic heterocycles. The summed E-state index contributed by atoms with van der Waals surface area (Å²) in [4.78, 5) is 18.0. The van der Waals surface area contributed by atoms with Crippen LogP contribution in [-0.4, -0.2) is 34.9 Å². The van der Waals surface area contributed by atoms with Crippen LogP contribution in [0.25, 0.3) is 0 Å². The number of likely N-dealkylation sites (N-methyl/N-ethyl adjacent to an activating group) is 1. The summed E-state index contributed by atoms with van der Waals surface area (Å²) in [7, 11) is 1.83. The maximum atomic E-state index is 12.3. The zero-order chi connectivity index (χ0) is 13.2. The van der Waals surface area contributed by atoms with Crippen LogP contribution in [0.1, 0.15) is 25.3 Å². The normalized spacial score (nSPS) is 18.2. The molecule has 2 N–H and O–H groups in total. The quantitative estimate of drug-likeness (QED) is 0.851. The third-order valence-electron chi connectivity index (χ3n) is 3.72. The molecule has 2 rings (SSSR count). The molecule has 1 aliphatic carbocycles. The predicted octanol–water partition coefficient (Wildman–Crippen LogP) is 1.21. The van der Waals surface area contributed by atoms with Crippen molar-refractivity contribution in [2.45, 2.75) is 31.7 Å². The Kier molecular flexibility index (Phi) is 3.66. The van der Waals surface area contributed by atoms with E-state index >= 15 is 0 Å². The average molecular weight is 247 g/mol. The van der Waals surface area contributed by atoms with Gasteiger partial charge in [-0.1, -0.05) is 0 Å². The van der Waals surface area contributed by atoms with Gasteiger partial charge in [0.1, 0.15) is 0 Å². The third-order valence-corrected chi connectivity index (χ3v) is 3.72. The van der Waals surface area contributed by atoms with Gasteiger partial charge in [0.15, 0.2) is 0 Å². The lowest BCUT2D eigenvalue weighted by Crippen LogP contribution is -2.54. The van der Waals surface area contributed by atoms with E-state index in [0.29, 0.717) is 12.5 Å². The molecule has 0 saturated heterocycles. The van der Waals surface area contributed by atoms with E-state index in [4.69, 9.17) is 5.73 Å². The summed E-state index contributed by atoms with van der Waals surface area (Å²) in [5.41, 5.74) is 6.64. The number of nitrogens with two attached hydrogens (primary N) is 1. The van der Waals surface area contributed by atoms with Crippen LogP contribution in [0.2, 0.25) is 0 Å². The summed E-state index contributed by atoms with van der Waals surface area (Å²) in [6.45, 7) is 2.55. The van der Waals surface area contributed by atoms with Gasteiger partial charge in [-0.15, -0.1) is 0 Å². The first-order chi connectivity index (χ1) is 8.51. The summed E-state index contributed by atoms with van der Waals surface area (Å²) in [5, 5.41) is 0. The van der Waals surface area contributed by atoms with Crippen LogP contribution in [-0.2, 0) is 11.2 Å². The van der Waals surface area contributed by atoms with E-state index in [1.165, 1.54) is 5.56 Å². The number of aromatic nitrogens is 1. The first-order valence-corrected chi connectivity index (χ1v) is 6.45. The molecule has 4 nitrogen and oxygen atoms in total. The predicted molar refractivity (Wildman–Crippen MR) is 70.9 cm³/mol. The Balaban J connectivity index is 1.88. The highest BCUT2D eigenvalue weighted by atomic mass is 16.2. The van der Waals surface area contributed by atoms with Gasteiger partial charge < -0.3 is 10.6 Å². The number of hydrogen-bond acceptors (Lipinski definition) is 3. The first kappa shape index (κ1) is 13.0. The number of nitrogens with zero attached hydrogens (tertiary/aromatic N) is 2. The SMILES string of the molecule is CN(CCc1ccncc1)C(=O)C(C)(N)C1CC1. The van der Waals surface area contributed by atoms with Gasteiger partial charge in [-0.3, -0.25) is 9.78 Å². The van der Waals surface area contributed by atoms with Crippen LogP contribution < -0.4 is 5.73 Å². The van der Waals surface area contributed by atoms with Crippen LogP contribution in [0.3, 0.4) is 0 Å². The summed E-state index contributed by atoms with van der Waals surface area (Å²) >= 11 is 0. The number of amides is 1. The topological polar surface area (TPSA) is 59.2 Å². The zero-order valence-electron chi connectivity index (χ0n) is 11.1. The fourth-order valence-electron chi connectivity index (χ4n) is 2.22. The lowest BCUT2D eigenvalue weighted by atomic mass is 9.95. The van der Waals surface area contributed by atoms with Gasteiger partial charge in [0, 0.05) is 26.0 Å². The van der Waals surface area contributed by atoms with E-state index in [2.05, 4.69) is 4.98 Å². The van der Waals surface area contributed by atoms with Crippen LogP contribution >= 0.6 is 0 Å². The van der Waals surface area contributed by atoms with Gasteiger partial charge in [0.05, 0.1) is 5.54 Å². The molecule has 0 radical (unpaired) electrons. The molecule has 1 aliphatic rings. The van der Waals surface area contributed by atoms with Crippen molar-refractivity contribution in [1.29, 1.82) is 0 Å². The van der Waals surface area contributed by atoms with Crippen LogP contribution in [0, 0.1) is 5.92 Å². The number of rotatable bonds is 5. The maximum absolute atomic E-state index is 12.3. The molecule has 18 heavy (non-hydrogen) atoms. The van der Waals surface area contributed by atoms with Gasteiger partial charge in [0.25, 0.3) is 0 Å². The summed E-state index contributed by atoms with van der Waals surface area (Å²) in [6.07, 6.45) is 6.54. The standard InChI is InChI=1S/C14H21N3O/c1-14(15,12-3-4-12)13(18)17(2)10-7-11-5-8-16-9-6-11/h5-6,8-9,12H,3-4,7,10,15H2,1-2H3. The summed E-state index contributed by atoms with van der Waals surface area (Å²) < 4.78 is 0. The van der Waals surface area contributed by atoms with Crippen molar-refractivity contribution < 1.29 is 4.79 Å². The van der Waals surface area contributed by atoms with E-state index in [1.54, 1.807) is 17.3 Å². The number of pyridine rings is 1. The van der Waals surface area contributed by atoms with Gasteiger partial charge in [0.2, 0.25) is 5.91 Å². The highest BCUT2D eigenvalue weighted by Crippen LogP contribution is 2.38. The Morgan fingerprint density at radius 2 is 2.11 bits per heavy atom. The average Bonchev–Trinajstić information content (AvgIpc) is 3.20. The Bertz CT molecular complexity index is 412. The van der Waals surface area contributed by atoms with Crippen molar-refractivity contribution >= 4 is 5.91 Å². The first-order valence-electron chi connectivity index (χ1n) is 6.45. The van der Waals surface area contributed by atoms with E-state index < -0.39 is 5.54 Å². The lowest BCUT2D eigenvalue weighted by molar-refractivity contribution is -0.135. The second-order valence-corrected chi connectivity index (χ2v) is 5.39. The van der Waals surface area contributed by atoms with Crippen molar-refractivity contribution in [2.24, 2.45) is 11.7 Å². The van der Waals surface area contributed by atoms with Gasteiger partial charge >= 0.3 is 0 Å². The van der Waals surface area contributed by atoms with Crippen molar-refractivity contribution in [3.63, 3.8) is 0 Å². The van der Waals surface area contributed by atoms with Crippen LogP contribution in [0.15, 0.2) is 24.5 Å². The van der Waals surface area contributed by atoms with Gasteiger partial charge in [-0.2, -0.15) is 0 Å². The smallest absolute Gasteiger partial charge is 0.242 e. The molecule has 0 aromatic carbocycles. The largest absolute Gasteiger partial charge is 0.344 e. The molecule has 1 heterocycles. The van der Waals surface area contributed by atoms with Crippen LogP contribution in [0.5, 0.6) is 0 Å². The minimum Gasteiger partial charge on any atom is -0.344 e. The molecule has 1 amide bonds. The molecular formula is C14H21N3O. The highest BCUT2D eigenvalue weighted by molar-refractivity contribution is 5.86. The molecule has 1 aromatic rings. The lowest BCUT2D eigenvalue weighted by Gasteiger charge is -2.29. The summed E-state index contributed by atoms with van der Waals surface area (Å²) in [6, 6.07) is 3.95. The van der Waals surface area contributed by atoms with Gasteiger partial charge in [-0.25, -0.2) is 0 Å². The van der Waals surface area contributed by atoms with E-state index in [0.717, 1.165) is 19.3 Å². The molecule has 0 bridgehead atoms. The number of carbonyl (C=O) groups excluding carboxylic acids is 1. The Morgan fingerprint density at radius 1 is 1.50 bits per heavy atom. The Labute approximate surface area is 108 Å². The third kappa shape index (κ3) is 2.88. The van der Waals surface area contributed by atoms with E-state index in [1.807, 2.05) is 26.1 Å². The second kappa shape index (κ2) is 5.06. The van der Waals surface area contributed by atoms with Crippen molar-refractivity contribution in [3.05, 3.63) is 30.1 Å². The molecule has 98 valence electrons. The molecule has 4 heteroatoms. The Morgan fingerprint density at radius 3 is 2.67 bits per heavy atom. The molecule has 1 fully saturated rings. The van der Waals surface area contributed by atoms with Crippen molar-refractivity contribution in [2.75, 3.05) is 13.6 Å². The molecule has 1 atom stereocenters. The minimum absolute atomic E-state index is 0.0547. The number of hydrogen-bond donors (Lipinski definition) is 1. The number of carbonyl (C=O) groups is 1. The van der Waals surface area contributed by atoms with E-state index in [9.17, 15) is 4.79 Å². The van der Waals surface area contributed by atoms with Gasteiger partial charge in [-0.05, 0) is 49.8 Å². The van der Waals surface area contributed by atoms with Crippen molar-refractivity contribution in [1.82, 2.24) is 9.88 Å². The fourth-order valence-corrected chi connectivity index (χ4v) is 2.22. The zero-order valence-corrected chi connectivity index (χ0v) is 11.1. The maximum Gasteiger partial charge on any atom is 0.242 e. The monoisotopic (exact) mass is 247 g/mol. The molecule has 0 spiro atoms. The fraction of sp³-hybridized carbons (Fsp3) is 0.571. The van der Waals surface area contributed by atoms with E-state index in [-0.39, 0.29) is 5.91 Å². The second-order valence-electron chi connectivity index (χ2n) is 5.39. The molecule has 1 saturated carbocycles. The highest BCUT2D eigenvalue weighted by Gasteiger charge is 2.45. The molecular weight excluding hydrogens is 226 g/mol. The Hall–Kier alpha value is -1.42. The molecule has 1 aromatic heterocycles. The molecule has 1 unspecified atom stereocenters. The minimum atomic E-state index is -0.688. The van der Waals surface area contributed by atoms with Crippen molar-refractivity contribution in [3.8, 4) is 0 Å². The van der Waals surface area contributed by atoms with Crippen LogP contribution in [0.4, 0.5) is 0 Å².